The van der Waals surface area contributed by atoms with Gasteiger partial charge in [-0.05, 0) is 0 Å². The van der Waals surface area contributed by atoms with Crippen LogP contribution in [0.2, 0.25) is 0 Å². The van der Waals surface area contributed by atoms with Crippen molar-refractivity contribution in [2.24, 2.45) is 0 Å². The molecule has 0 N–H and O–H groups in total. The highest BCUT2D eigenvalue weighted by Gasteiger charge is 2.28. The maximum atomic E-state index is 11.3. The summed E-state index contributed by atoms with van der Waals surface area (Å²) < 4.78 is 24.0. The lowest BCUT2D eigenvalue weighted by molar-refractivity contribution is -0.359. The monoisotopic (exact) mass is 334 g/mol. The number of hydrogen-bond acceptors (Lipinski definition) is 9. The second-order valence-electron chi connectivity index (χ2n) is 4.09. The second kappa shape index (κ2) is 11.4. The first-order valence-electron chi connectivity index (χ1n) is 7.29. The quantitative estimate of drug-likeness (QED) is 0.431. The van der Waals surface area contributed by atoms with Crippen LogP contribution in [0.15, 0.2) is 0 Å². The van der Waals surface area contributed by atoms with Crippen molar-refractivity contribution in [1.29, 1.82) is 0 Å². The molecule has 0 saturated heterocycles. The first-order chi connectivity index (χ1) is 10.9. The predicted molar refractivity (Wildman–Crippen MR) is 74.2 cm³/mol. The topological polar surface area (TPSA) is 114 Å². The predicted octanol–water partition coefficient (Wildman–Crippen LogP) is 1.38. The normalized spacial score (nSPS) is 10.3. The van der Waals surface area contributed by atoms with E-state index in [1.54, 1.807) is 0 Å². The van der Waals surface area contributed by atoms with Crippen LogP contribution in [0, 0.1) is 0 Å². The fourth-order valence-electron chi connectivity index (χ4n) is 1.01. The van der Waals surface area contributed by atoms with Crippen molar-refractivity contribution in [1.82, 2.24) is 0 Å². The van der Waals surface area contributed by atoms with Crippen molar-refractivity contribution in [2.45, 2.75) is 66.3 Å². The summed E-state index contributed by atoms with van der Waals surface area (Å²) in [6, 6.07) is 0. The van der Waals surface area contributed by atoms with Gasteiger partial charge in [-0.1, -0.05) is 27.7 Å². The summed E-state index contributed by atoms with van der Waals surface area (Å²) in [6.45, 7) is 2.49. The van der Waals surface area contributed by atoms with E-state index in [9.17, 15) is 19.2 Å². The van der Waals surface area contributed by atoms with Gasteiger partial charge in [-0.15, -0.1) is 0 Å². The molecule has 0 saturated carbocycles. The summed E-state index contributed by atoms with van der Waals surface area (Å²) in [4.78, 5) is 45.3. The van der Waals surface area contributed by atoms with E-state index in [2.05, 4.69) is 0 Å². The first kappa shape index (κ1) is 20.8. The van der Waals surface area contributed by atoms with Crippen molar-refractivity contribution in [3.63, 3.8) is 0 Å². The molecule has 132 valence electrons. The second-order valence-corrected chi connectivity index (χ2v) is 4.09. The molecule has 0 fully saturated rings. The first-order valence-corrected chi connectivity index (χ1v) is 7.29. The number of ether oxygens (including phenoxy) is 5. The molecular formula is C14H22O9. The fourth-order valence-corrected chi connectivity index (χ4v) is 1.01. The van der Waals surface area contributed by atoms with Gasteiger partial charge >= 0.3 is 36.8 Å². The lowest BCUT2D eigenvalue weighted by Crippen LogP contribution is -2.36. The Morgan fingerprint density at radius 3 is 0.957 bits per heavy atom. The van der Waals surface area contributed by atoms with Crippen LogP contribution in [0.3, 0.4) is 0 Å². The Bertz CT molecular complexity index is 344. The number of hydrogen-bond donors (Lipinski definition) is 0. The molecule has 0 radical (unpaired) electrons. The van der Waals surface area contributed by atoms with E-state index < -0.39 is 36.8 Å². The van der Waals surface area contributed by atoms with Gasteiger partial charge in [-0.3, -0.25) is 19.2 Å². The van der Waals surface area contributed by atoms with E-state index in [4.69, 9.17) is 23.7 Å². The summed E-state index contributed by atoms with van der Waals surface area (Å²) in [6.07, 6.45) is -0.00914. The SMILES string of the molecule is CCC(=O)OC(OC(=O)CC)OC(OC(=O)CC)OC(=O)CC. The van der Waals surface area contributed by atoms with Gasteiger partial charge in [0.15, 0.2) is 0 Å². The molecule has 9 heteroatoms. The molecule has 0 amide bonds. The lowest BCUT2D eigenvalue weighted by atomic mass is 10.5. The summed E-state index contributed by atoms with van der Waals surface area (Å²) in [5.74, 6) is -2.88. The van der Waals surface area contributed by atoms with E-state index >= 15 is 0 Å². The zero-order valence-corrected chi connectivity index (χ0v) is 13.7. The molecule has 23 heavy (non-hydrogen) atoms. The molecule has 0 bridgehead atoms. The van der Waals surface area contributed by atoms with Gasteiger partial charge in [-0.25, -0.2) is 4.74 Å². The van der Waals surface area contributed by atoms with E-state index in [-0.39, 0.29) is 25.7 Å². The van der Waals surface area contributed by atoms with Crippen LogP contribution in [-0.2, 0) is 42.9 Å². The number of carbonyl (C=O) groups excluding carboxylic acids is 4. The summed E-state index contributed by atoms with van der Waals surface area (Å²) in [5.41, 5.74) is 0. The zero-order chi connectivity index (χ0) is 17.8. The van der Waals surface area contributed by atoms with Gasteiger partial charge in [0.2, 0.25) is 0 Å². The van der Waals surface area contributed by atoms with Gasteiger partial charge in [0.05, 0.1) is 0 Å². The van der Waals surface area contributed by atoms with Crippen molar-refractivity contribution in [2.75, 3.05) is 0 Å². The molecule has 0 heterocycles. The Kier molecular flexibility index (Phi) is 10.3. The molecule has 0 aromatic carbocycles. The van der Waals surface area contributed by atoms with Crippen LogP contribution < -0.4 is 0 Å². The summed E-state index contributed by atoms with van der Waals surface area (Å²) in [5, 5.41) is 0. The highest BCUT2D eigenvalue weighted by Crippen LogP contribution is 2.10. The van der Waals surface area contributed by atoms with Gasteiger partial charge in [0, 0.05) is 25.7 Å². The lowest BCUT2D eigenvalue weighted by Gasteiger charge is -2.23. The number of esters is 4. The smallest absolute Gasteiger partial charge is 0.370 e. The summed E-state index contributed by atoms with van der Waals surface area (Å²) in [7, 11) is 0. The maximum absolute atomic E-state index is 11.3. The van der Waals surface area contributed by atoms with E-state index in [1.807, 2.05) is 0 Å². The van der Waals surface area contributed by atoms with Gasteiger partial charge in [0.1, 0.15) is 0 Å². The third kappa shape index (κ3) is 9.46. The minimum Gasteiger partial charge on any atom is -0.400 e. The third-order valence-electron chi connectivity index (χ3n) is 2.29. The Labute approximate surface area is 134 Å². The Morgan fingerprint density at radius 2 is 0.783 bits per heavy atom. The Morgan fingerprint density at radius 1 is 0.565 bits per heavy atom. The average molecular weight is 334 g/mol. The molecule has 0 unspecified atom stereocenters. The molecule has 0 atom stereocenters. The standard InChI is InChI=1S/C14H22O9/c1-5-9(15)19-13(20-10(16)6-2)23-14(21-11(17)7-3)22-12(18)8-4/h13-14H,5-8H2,1-4H3. The number of carbonyl (C=O) groups is 4. The Hall–Kier alpha value is -2.16. The summed E-state index contributed by atoms with van der Waals surface area (Å²) >= 11 is 0. The van der Waals surface area contributed by atoms with Gasteiger partial charge in [0.25, 0.3) is 0 Å². The molecule has 0 aliphatic carbocycles. The van der Waals surface area contributed by atoms with Crippen LogP contribution >= 0.6 is 0 Å². The van der Waals surface area contributed by atoms with Crippen molar-refractivity contribution in [3.05, 3.63) is 0 Å². The highest BCUT2D eigenvalue weighted by atomic mass is 17.0. The molecule has 0 aliphatic heterocycles. The molecule has 9 nitrogen and oxygen atoms in total. The minimum atomic E-state index is -1.80. The van der Waals surface area contributed by atoms with Crippen LogP contribution in [0.4, 0.5) is 0 Å². The van der Waals surface area contributed by atoms with Crippen molar-refractivity contribution >= 4 is 23.9 Å². The molecule has 0 aliphatic rings. The van der Waals surface area contributed by atoms with Crippen LogP contribution in [-0.4, -0.2) is 36.8 Å². The van der Waals surface area contributed by atoms with Crippen LogP contribution in [0.5, 0.6) is 0 Å². The van der Waals surface area contributed by atoms with E-state index in [1.165, 1.54) is 27.7 Å². The largest absolute Gasteiger partial charge is 0.400 e. The Balaban J connectivity index is 4.97. The van der Waals surface area contributed by atoms with Crippen molar-refractivity contribution in [3.8, 4) is 0 Å². The van der Waals surface area contributed by atoms with E-state index in [0.29, 0.717) is 0 Å². The third-order valence-corrected chi connectivity index (χ3v) is 2.29. The van der Waals surface area contributed by atoms with Crippen molar-refractivity contribution < 1.29 is 42.9 Å². The van der Waals surface area contributed by atoms with E-state index in [0.717, 1.165) is 0 Å². The van der Waals surface area contributed by atoms with Crippen LogP contribution in [0.1, 0.15) is 53.4 Å². The van der Waals surface area contributed by atoms with Crippen LogP contribution in [0.25, 0.3) is 0 Å². The molecule has 0 rings (SSSR count). The molecular weight excluding hydrogens is 312 g/mol. The molecule has 0 spiro atoms. The average Bonchev–Trinajstić information content (AvgIpc) is 2.53. The minimum absolute atomic E-state index is 0.00228. The molecule has 0 aromatic rings. The molecule has 0 aromatic heterocycles. The number of rotatable bonds is 10. The highest BCUT2D eigenvalue weighted by molar-refractivity contribution is 5.71. The van der Waals surface area contributed by atoms with Gasteiger partial charge in [-0.2, -0.15) is 0 Å². The van der Waals surface area contributed by atoms with Gasteiger partial charge < -0.3 is 18.9 Å². The maximum Gasteiger partial charge on any atom is 0.370 e. The fraction of sp³-hybridized carbons (Fsp3) is 0.714. The zero-order valence-electron chi connectivity index (χ0n) is 13.7.